The van der Waals surface area contributed by atoms with Crippen LogP contribution < -0.4 is 10.2 Å². The van der Waals surface area contributed by atoms with Gasteiger partial charge in [-0.1, -0.05) is 12.1 Å². The van der Waals surface area contributed by atoms with Crippen molar-refractivity contribution in [1.29, 1.82) is 0 Å². The third-order valence-electron chi connectivity index (χ3n) is 5.21. The minimum Gasteiger partial charge on any atom is -0.346 e. The van der Waals surface area contributed by atoms with Crippen LogP contribution in [-0.2, 0) is 4.79 Å². The first-order valence-corrected chi connectivity index (χ1v) is 9.16. The summed E-state index contributed by atoms with van der Waals surface area (Å²) in [5.74, 6) is 0.0514. The fraction of sp³-hybridized carbons (Fsp3) is 0.364. The molecule has 0 aromatic heterocycles. The Morgan fingerprint density at radius 3 is 2.31 bits per heavy atom. The summed E-state index contributed by atoms with van der Waals surface area (Å²) in [5, 5.41) is 3.08. The molecule has 3 rings (SSSR count). The summed E-state index contributed by atoms with van der Waals surface area (Å²) in [6.45, 7) is 9.03. The van der Waals surface area contributed by atoms with Gasteiger partial charge >= 0.3 is 0 Å². The number of carbonyl (C=O) groups is 2. The van der Waals surface area contributed by atoms with Crippen molar-refractivity contribution < 1.29 is 9.59 Å². The normalized spacial score (nSPS) is 15.2. The van der Waals surface area contributed by atoms with Crippen molar-refractivity contribution >= 4 is 17.5 Å². The molecule has 0 radical (unpaired) electrons. The van der Waals surface area contributed by atoms with Gasteiger partial charge in [0, 0.05) is 24.2 Å². The van der Waals surface area contributed by atoms with Crippen LogP contribution >= 0.6 is 0 Å². The Kier molecular flexibility index (Phi) is 5.12. The Morgan fingerprint density at radius 1 is 1.04 bits per heavy atom. The molecule has 4 heteroatoms. The second-order valence-corrected chi connectivity index (χ2v) is 7.18. The van der Waals surface area contributed by atoms with Gasteiger partial charge in [0.25, 0.3) is 5.91 Å². The van der Waals surface area contributed by atoms with Crippen LogP contribution in [0.3, 0.4) is 0 Å². The van der Waals surface area contributed by atoms with Gasteiger partial charge in [0.05, 0.1) is 6.04 Å². The second kappa shape index (κ2) is 7.32. The Labute approximate surface area is 155 Å². The molecule has 136 valence electrons. The molecule has 2 aromatic rings. The molecule has 1 fully saturated rings. The van der Waals surface area contributed by atoms with Crippen LogP contribution in [-0.4, -0.2) is 18.4 Å². The van der Waals surface area contributed by atoms with Crippen molar-refractivity contribution in [1.82, 2.24) is 5.32 Å². The number of rotatable bonds is 4. The van der Waals surface area contributed by atoms with Crippen molar-refractivity contribution in [3.63, 3.8) is 0 Å². The Hall–Kier alpha value is -2.62. The minimum absolute atomic E-state index is 0.0679. The molecule has 0 unspecified atom stereocenters. The molecule has 0 saturated carbocycles. The van der Waals surface area contributed by atoms with Crippen LogP contribution in [0.25, 0.3) is 0 Å². The Bertz CT molecular complexity index is 840. The van der Waals surface area contributed by atoms with Crippen molar-refractivity contribution in [2.45, 2.75) is 46.6 Å². The number of aryl methyl sites for hydroxylation is 3. The number of carbonyl (C=O) groups excluding carboxylic acids is 2. The van der Waals surface area contributed by atoms with Gasteiger partial charge in [-0.05, 0) is 80.6 Å². The SMILES string of the molecule is Cc1cc(C)c([C@@H](C)NC(=O)c2ccc(N3CCCC3=O)cc2)cc1C. The Morgan fingerprint density at radius 2 is 1.69 bits per heavy atom. The highest BCUT2D eigenvalue weighted by Gasteiger charge is 2.22. The molecule has 1 N–H and O–H groups in total. The maximum atomic E-state index is 12.6. The molecule has 1 aliphatic heterocycles. The van der Waals surface area contributed by atoms with Crippen molar-refractivity contribution in [3.8, 4) is 0 Å². The fourth-order valence-electron chi connectivity index (χ4n) is 3.52. The summed E-state index contributed by atoms with van der Waals surface area (Å²) in [4.78, 5) is 26.2. The van der Waals surface area contributed by atoms with E-state index in [-0.39, 0.29) is 17.9 Å². The number of hydrogen-bond acceptors (Lipinski definition) is 2. The highest BCUT2D eigenvalue weighted by Crippen LogP contribution is 2.24. The van der Waals surface area contributed by atoms with E-state index in [0.717, 1.165) is 24.2 Å². The monoisotopic (exact) mass is 350 g/mol. The highest BCUT2D eigenvalue weighted by atomic mass is 16.2. The molecule has 2 amide bonds. The molecular weight excluding hydrogens is 324 g/mol. The molecule has 1 atom stereocenters. The van der Waals surface area contributed by atoms with E-state index in [1.807, 2.05) is 19.1 Å². The largest absolute Gasteiger partial charge is 0.346 e. The molecule has 0 bridgehead atoms. The average Bonchev–Trinajstić information content (AvgIpc) is 3.04. The lowest BCUT2D eigenvalue weighted by Crippen LogP contribution is -2.27. The summed E-state index contributed by atoms with van der Waals surface area (Å²) in [6, 6.07) is 11.5. The number of benzene rings is 2. The lowest BCUT2D eigenvalue weighted by molar-refractivity contribution is -0.117. The molecule has 26 heavy (non-hydrogen) atoms. The van der Waals surface area contributed by atoms with E-state index < -0.39 is 0 Å². The van der Waals surface area contributed by atoms with E-state index >= 15 is 0 Å². The maximum absolute atomic E-state index is 12.6. The minimum atomic E-state index is -0.102. The first-order chi connectivity index (χ1) is 12.4. The third kappa shape index (κ3) is 3.64. The number of anilines is 1. The van der Waals surface area contributed by atoms with Crippen LogP contribution in [0.1, 0.15) is 58.4 Å². The molecule has 2 aromatic carbocycles. The van der Waals surface area contributed by atoms with Gasteiger partial charge in [0.1, 0.15) is 0 Å². The fourth-order valence-corrected chi connectivity index (χ4v) is 3.52. The predicted molar refractivity (Wildman–Crippen MR) is 105 cm³/mol. The van der Waals surface area contributed by atoms with E-state index in [2.05, 4.69) is 38.2 Å². The van der Waals surface area contributed by atoms with Crippen molar-refractivity contribution in [3.05, 3.63) is 64.2 Å². The van der Waals surface area contributed by atoms with Gasteiger partial charge in [0.2, 0.25) is 5.91 Å². The quantitative estimate of drug-likeness (QED) is 0.897. The molecule has 1 heterocycles. The van der Waals surface area contributed by atoms with Crippen LogP contribution in [0.5, 0.6) is 0 Å². The average molecular weight is 350 g/mol. The van der Waals surface area contributed by atoms with Gasteiger partial charge in [-0.25, -0.2) is 0 Å². The Balaban J connectivity index is 1.71. The number of amides is 2. The number of nitrogens with one attached hydrogen (secondary N) is 1. The summed E-state index contributed by atoms with van der Waals surface area (Å²) in [6.07, 6.45) is 1.50. The highest BCUT2D eigenvalue weighted by molar-refractivity contribution is 5.97. The summed E-state index contributed by atoms with van der Waals surface area (Å²) in [7, 11) is 0. The third-order valence-corrected chi connectivity index (χ3v) is 5.21. The molecular formula is C22H26N2O2. The molecule has 4 nitrogen and oxygen atoms in total. The van der Waals surface area contributed by atoms with Crippen LogP contribution in [0.15, 0.2) is 36.4 Å². The van der Waals surface area contributed by atoms with E-state index in [1.54, 1.807) is 17.0 Å². The molecule has 0 aliphatic carbocycles. The van der Waals surface area contributed by atoms with Gasteiger partial charge in [-0.15, -0.1) is 0 Å². The van der Waals surface area contributed by atoms with Gasteiger partial charge in [0.15, 0.2) is 0 Å². The lowest BCUT2D eigenvalue weighted by Gasteiger charge is -2.19. The summed E-state index contributed by atoms with van der Waals surface area (Å²) < 4.78 is 0. The van der Waals surface area contributed by atoms with Gasteiger partial charge < -0.3 is 10.2 Å². The number of nitrogens with zero attached hydrogens (tertiary/aromatic N) is 1. The first kappa shape index (κ1) is 18.2. The topological polar surface area (TPSA) is 49.4 Å². The van der Waals surface area contributed by atoms with Crippen LogP contribution in [0, 0.1) is 20.8 Å². The standard InChI is InChI=1S/C22H26N2O2/c1-14-12-16(3)20(13-15(14)2)17(4)23-22(26)18-7-9-19(10-8-18)24-11-5-6-21(24)25/h7-10,12-13,17H,5-6,11H2,1-4H3,(H,23,26)/t17-/m1/s1. The smallest absolute Gasteiger partial charge is 0.251 e. The van der Waals surface area contributed by atoms with Gasteiger partial charge in [-0.2, -0.15) is 0 Å². The zero-order valence-corrected chi connectivity index (χ0v) is 15.9. The van der Waals surface area contributed by atoms with Crippen LogP contribution in [0.4, 0.5) is 5.69 Å². The van der Waals surface area contributed by atoms with E-state index in [0.29, 0.717) is 12.0 Å². The van der Waals surface area contributed by atoms with Crippen molar-refractivity contribution in [2.75, 3.05) is 11.4 Å². The van der Waals surface area contributed by atoms with Gasteiger partial charge in [-0.3, -0.25) is 9.59 Å². The summed E-state index contributed by atoms with van der Waals surface area (Å²) >= 11 is 0. The summed E-state index contributed by atoms with van der Waals surface area (Å²) in [5.41, 5.74) is 6.28. The second-order valence-electron chi connectivity index (χ2n) is 7.18. The number of hydrogen-bond donors (Lipinski definition) is 1. The zero-order valence-electron chi connectivity index (χ0n) is 15.9. The van der Waals surface area contributed by atoms with E-state index in [4.69, 9.17) is 0 Å². The molecule has 0 spiro atoms. The van der Waals surface area contributed by atoms with Crippen LogP contribution in [0.2, 0.25) is 0 Å². The predicted octanol–water partition coefficient (Wildman–Crippen LogP) is 4.23. The maximum Gasteiger partial charge on any atom is 0.251 e. The molecule has 1 aliphatic rings. The zero-order chi connectivity index (χ0) is 18.8. The van der Waals surface area contributed by atoms with E-state index in [9.17, 15) is 9.59 Å². The lowest BCUT2D eigenvalue weighted by atomic mass is 9.96. The van der Waals surface area contributed by atoms with E-state index in [1.165, 1.54) is 16.7 Å². The van der Waals surface area contributed by atoms with Crippen molar-refractivity contribution in [2.24, 2.45) is 0 Å². The molecule has 1 saturated heterocycles. The first-order valence-electron chi connectivity index (χ1n) is 9.16.